The van der Waals surface area contributed by atoms with Crippen LogP contribution in [-0.2, 0) is 5.41 Å². The second-order valence-electron chi connectivity index (χ2n) is 14.7. The van der Waals surface area contributed by atoms with E-state index in [1.807, 2.05) is 49.1 Å². The number of pyridine rings is 1. The SMILES string of the molecule is [C-]#[N+]c1cc(Oc2ccc3c4ccccc4n(-c4cc(C(C)(C)C)ccn4)c3c2)cc(-c2cn(-c3c(-c4ccccc4)cccc3-c3ccccc3)cn2)c1. The minimum atomic E-state index is -0.0261. The van der Waals surface area contributed by atoms with Gasteiger partial charge in [-0.05, 0) is 76.2 Å². The minimum Gasteiger partial charge on any atom is -0.459 e. The molecular weight excluding hydrogens is 675 g/mol. The van der Waals surface area contributed by atoms with Gasteiger partial charge in [0, 0.05) is 40.4 Å². The first-order valence-electron chi connectivity index (χ1n) is 18.3. The Morgan fingerprint density at radius 1 is 0.600 bits per heavy atom. The fourth-order valence-corrected chi connectivity index (χ4v) is 7.38. The number of rotatable bonds is 7. The molecule has 3 heterocycles. The topological polar surface area (TPSA) is 49.2 Å². The molecule has 0 saturated carbocycles. The Hall–Kier alpha value is -7.23. The van der Waals surface area contributed by atoms with Gasteiger partial charge in [0.1, 0.15) is 17.3 Å². The number of hydrogen-bond acceptors (Lipinski definition) is 3. The molecule has 0 amide bonds. The largest absolute Gasteiger partial charge is 0.459 e. The maximum atomic E-state index is 7.95. The standard InChI is InChI=1S/C49H37N5O/c1-49(2,3)36-24-25-51-47(28-36)54-45-21-12-11-18-42(45)43-23-22-38(30-46(43)54)55-39-27-35(26-37(29-39)50-4)44-31-53(32-52-44)48-40(33-14-7-5-8-15-33)19-13-20-41(48)34-16-9-6-10-17-34/h5-32H,1-3H3. The van der Waals surface area contributed by atoms with Crippen molar-refractivity contribution in [3.8, 4) is 56.5 Å². The third-order valence-electron chi connectivity index (χ3n) is 10.1. The highest BCUT2D eigenvalue weighted by Gasteiger charge is 2.19. The highest BCUT2D eigenvalue weighted by atomic mass is 16.5. The Balaban J connectivity index is 1.12. The lowest BCUT2D eigenvalue weighted by Crippen LogP contribution is -2.12. The number of imidazole rings is 1. The molecule has 0 bridgehead atoms. The maximum absolute atomic E-state index is 7.95. The number of ether oxygens (including phenoxy) is 1. The zero-order valence-corrected chi connectivity index (χ0v) is 30.8. The summed E-state index contributed by atoms with van der Waals surface area (Å²) in [6.07, 6.45) is 5.77. The second kappa shape index (κ2) is 13.6. The molecule has 0 radical (unpaired) electrons. The number of hydrogen-bond donors (Lipinski definition) is 0. The van der Waals surface area contributed by atoms with E-state index in [0.29, 0.717) is 17.2 Å². The maximum Gasteiger partial charge on any atom is 0.191 e. The summed E-state index contributed by atoms with van der Waals surface area (Å²) in [5.41, 5.74) is 10.7. The Morgan fingerprint density at radius 2 is 1.29 bits per heavy atom. The van der Waals surface area contributed by atoms with Crippen LogP contribution < -0.4 is 4.74 Å². The zero-order valence-electron chi connectivity index (χ0n) is 30.8. The molecule has 0 aliphatic carbocycles. The van der Waals surface area contributed by atoms with Crippen LogP contribution in [0, 0.1) is 6.57 Å². The lowest BCUT2D eigenvalue weighted by Gasteiger charge is -2.20. The summed E-state index contributed by atoms with van der Waals surface area (Å²) in [5, 5.41) is 2.25. The van der Waals surface area contributed by atoms with Gasteiger partial charge in [-0.3, -0.25) is 4.57 Å². The van der Waals surface area contributed by atoms with E-state index < -0.39 is 0 Å². The van der Waals surface area contributed by atoms with Gasteiger partial charge in [0.05, 0.1) is 35.3 Å². The van der Waals surface area contributed by atoms with Gasteiger partial charge in [0.15, 0.2) is 5.69 Å². The van der Waals surface area contributed by atoms with Crippen molar-refractivity contribution >= 4 is 27.5 Å². The van der Waals surface area contributed by atoms with E-state index in [0.717, 1.165) is 66.8 Å². The molecule has 0 N–H and O–H groups in total. The van der Waals surface area contributed by atoms with E-state index >= 15 is 0 Å². The van der Waals surface area contributed by atoms with Crippen molar-refractivity contribution in [2.75, 3.05) is 0 Å². The van der Waals surface area contributed by atoms with E-state index in [2.05, 4.69) is 150 Å². The van der Waals surface area contributed by atoms with Gasteiger partial charge in [-0.25, -0.2) is 14.8 Å². The molecule has 6 nitrogen and oxygen atoms in total. The summed E-state index contributed by atoms with van der Waals surface area (Å²) in [6.45, 7) is 14.6. The smallest absolute Gasteiger partial charge is 0.191 e. The Kier molecular flexibility index (Phi) is 8.33. The number of benzene rings is 6. The number of aromatic nitrogens is 4. The van der Waals surface area contributed by atoms with Gasteiger partial charge in [0.2, 0.25) is 0 Å². The van der Waals surface area contributed by atoms with Crippen LogP contribution in [0.5, 0.6) is 11.5 Å². The molecular formula is C49H37N5O. The third kappa shape index (κ3) is 6.32. The molecule has 0 unspecified atom stereocenters. The van der Waals surface area contributed by atoms with Gasteiger partial charge in [0.25, 0.3) is 0 Å². The lowest BCUT2D eigenvalue weighted by molar-refractivity contribution is 0.484. The number of fused-ring (bicyclic) bond motifs is 3. The molecule has 0 spiro atoms. The van der Waals surface area contributed by atoms with Crippen LogP contribution in [0.4, 0.5) is 5.69 Å². The average Bonchev–Trinajstić information content (AvgIpc) is 3.84. The molecule has 0 atom stereocenters. The van der Waals surface area contributed by atoms with E-state index in [4.69, 9.17) is 21.3 Å². The van der Waals surface area contributed by atoms with Crippen LogP contribution in [-0.4, -0.2) is 19.1 Å². The summed E-state index contributed by atoms with van der Waals surface area (Å²) in [4.78, 5) is 13.5. The van der Waals surface area contributed by atoms with Gasteiger partial charge in [-0.15, -0.1) is 0 Å². The minimum absolute atomic E-state index is 0.0261. The van der Waals surface area contributed by atoms with Crippen LogP contribution in [0.15, 0.2) is 170 Å². The predicted molar refractivity (Wildman–Crippen MR) is 223 cm³/mol. The first-order chi connectivity index (χ1) is 26.8. The molecule has 55 heavy (non-hydrogen) atoms. The van der Waals surface area contributed by atoms with Crippen molar-refractivity contribution in [2.45, 2.75) is 26.2 Å². The van der Waals surface area contributed by atoms with Crippen molar-refractivity contribution < 1.29 is 4.74 Å². The highest BCUT2D eigenvalue weighted by Crippen LogP contribution is 2.39. The van der Waals surface area contributed by atoms with Crippen molar-refractivity contribution in [2.24, 2.45) is 0 Å². The van der Waals surface area contributed by atoms with E-state index in [-0.39, 0.29) is 5.41 Å². The van der Waals surface area contributed by atoms with Crippen molar-refractivity contribution in [1.29, 1.82) is 0 Å². The van der Waals surface area contributed by atoms with Crippen molar-refractivity contribution in [1.82, 2.24) is 19.1 Å². The van der Waals surface area contributed by atoms with Gasteiger partial charge >= 0.3 is 0 Å². The van der Waals surface area contributed by atoms with Crippen LogP contribution in [0.1, 0.15) is 26.3 Å². The number of nitrogens with zero attached hydrogens (tertiary/aromatic N) is 5. The zero-order chi connectivity index (χ0) is 37.5. The summed E-state index contributed by atoms with van der Waals surface area (Å²) in [5.74, 6) is 2.07. The Morgan fingerprint density at radius 3 is 2.00 bits per heavy atom. The Bertz CT molecular complexity index is 2830. The molecule has 0 saturated heterocycles. The van der Waals surface area contributed by atoms with Gasteiger partial charge in [-0.2, -0.15) is 0 Å². The predicted octanol–water partition coefficient (Wildman–Crippen LogP) is 13.0. The highest BCUT2D eigenvalue weighted by molar-refractivity contribution is 6.09. The fourth-order valence-electron chi connectivity index (χ4n) is 7.38. The molecule has 6 heteroatoms. The normalized spacial score (nSPS) is 11.5. The summed E-state index contributed by atoms with van der Waals surface area (Å²) in [7, 11) is 0. The molecule has 9 aromatic rings. The summed E-state index contributed by atoms with van der Waals surface area (Å²) in [6, 6.07) is 51.6. The van der Waals surface area contributed by atoms with Crippen molar-refractivity contribution in [3.05, 3.63) is 187 Å². The second-order valence-corrected chi connectivity index (χ2v) is 14.7. The fraction of sp³-hybridized carbons (Fsp3) is 0.0816. The first-order valence-corrected chi connectivity index (χ1v) is 18.3. The average molecular weight is 712 g/mol. The first kappa shape index (κ1) is 33.6. The van der Waals surface area contributed by atoms with Crippen LogP contribution in [0.2, 0.25) is 0 Å². The van der Waals surface area contributed by atoms with Crippen LogP contribution >= 0.6 is 0 Å². The van der Waals surface area contributed by atoms with E-state index in [1.165, 1.54) is 5.56 Å². The molecule has 6 aromatic carbocycles. The van der Waals surface area contributed by atoms with E-state index in [9.17, 15) is 0 Å². The van der Waals surface area contributed by atoms with Crippen LogP contribution in [0.25, 0.3) is 71.7 Å². The monoisotopic (exact) mass is 711 g/mol. The Labute approximate surface area is 320 Å². The summed E-state index contributed by atoms with van der Waals surface area (Å²) >= 11 is 0. The lowest BCUT2D eigenvalue weighted by atomic mass is 9.88. The van der Waals surface area contributed by atoms with Crippen molar-refractivity contribution in [3.63, 3.8) is 0 Å². The molecule has 264 valence electrons. The number of para-hydroxylation sites is 2. The molecule has 0 aliphatic rings. The molecule has 0 fully saturated rings. The summed E-state index contributed by atoms with van der Waals surface area (Å²) < 4.78 is 10.9. The molecule has 0 aliphatic heterocycles. The van der Waals surface area contributed by atoms with Gasteiger partial charge in [-0.1, -0.05) is 118 Å². The van der Waals surface area contributed by atoms with E-state index in [1.54, 1.807) is 6.07 Å². The third-order valence-corrected chi connectivity index (χ3v) is 10.1. The molecule has 3 aromatic heterocycles. The molecule has 9 rings (SSSR count). The quantitative estimate of drug-likeness (QED) is 0.155. The van der Waals surface area contributed by atoms with Crippen LogP contribution in [0.3, 0.4) is 0 Å². The van der Waals surface area contributed by atoms with Gasteiger partial charge < -0.3 is 9.30 Å².